The number of halogens is 1. The first-order chi connectivity index (χ1) is 6.68. The molecule has 0 unspecified atom stereocenters. The van der Waals surface area contributed by atoms with E-state index in [0.29, 0.717) is 11.3 Å². The first-order valence-corrected chi connectivity index (χ1v) is 4.09. The van der Waals surface area contributed by atoms with Gasteiger partial charge in [0.25, 0.3) is 0 Å². The van der Waals surface area contributed by atoms with Crippen molar-refractivity contribution in [2.24, 2.45) is 7.05 Å². The van der Waals surface area contributed by atoms with Gasteiger partial charge in [0.1, 0.15) is 5.69 Å². The lowest BCUT2D eigenvalue weighted by Crippen LogP contribution is -1.93. The predicted molar refractivity (Wildman–Crippen MR) is 50.8 cm³/mol. The standard InChI is InChI=1S/C9H9FN4/c1-14-5-8(12-13-14)6-3-2-4-7(11)9(6)10/h2-5H,11H2,1H3. The molecule has 0 fully saturated rings. The number of nitrogens with two attached hydrogens (primary N) is 1. The van der Waals surface area contributed by atoms with Crippen LogP contribution in [-0.4, -0.2) is 15.0 Å². The number of aryl methyl sites for hydroxylation is 1. The maximum atomic E-state index is 13.5. The van der Waals surface area contributed by atoms with Gasteiger partial charge in [-0.2, -0.15) is 0 Å². The van der Waals surface area contributed by atoms with Crippen LogP contribution in [0, 0.1) is 5.82 Å². The van der Waals surface area contributed by atoms with Gasteiger partial charge < -0.3 is 5.73 Å². The summed E-state index contributed by atoms with van der Waals surface area (Å²) in [6.45, 7) is 0. The fourth-order valence-electron chi connectivity index (χ4n) is 1.22. The largest absolute Gasteiger partial charge is 0.396 e. The maximum Gasteiger partial charge on any atom is 0.155 e. The number of nitrogen functional groups attached to an aromatic ring is 1. The molecule has 2 aromatic rings. The summed E-state index contributed by atoms with van der Waals surface area (Å²) in [6.07, 6.45) is 1.64. The molecule has 2 rings (SSSR count). The molecule has 5 heteroatoms. The fourth-order valence-corrected chi connectivity index (χ4v) is 1.22. The Labute approximate surface area is 80.2 Å². The van der Waals surface area contributed by atoms with Crippen molar-refractivity contribution in [1.29, 1.82) is 0 Å². The third kappa shape index (κ3) is 1.32. The van der Waals surface area contributed by atoms with E-state index < -0.39 is 5.82 Å². The first-order valence-electron chi connectivity index (χ1n) is 4.09. The van der Waals surface area contributed by atoms with E-state index in [1.807, 2.05) is 0 Å². The monoisotopic (exact) mass is 192 g/mol. The van der Waals surface area contributed by atoms with Crippen molar-refractivity contribution in [2.45, 2.75) is 0 Å². The third-order valence-corrected chi connectivity index (χ3v) is 1.91. The molecular weight excluding hydrogens is 183 g/mol. The molecule has 1 aromatic carbocycles. The van der Waals surface area contributed by atoms with Gasteiger partial charge in [-0.05, 0) is 12.1 Å². The summed E-state index contributed by atoms with van der Waals surface area (Å²) in [5.41, 5.74) is 6.41. The van der Waals surface area contributed by atoms with E-state index in [1.165, 1.54) is 10.7 Å². The van der Waals surface area contributed by atoms with Crippen LogP contribution in [0.4, 0.5) is 10.1 Å². The Hall–Kier alpha value is -1.91. The van der Waals surface area contributed by atoms with E-state index in [9.17, 15) is 4.39 Å². The molecule has 0 bridgehead atoms. The molecule has 0 atom stereocenters. The van der Waals surface area contributed by atoms with E-state index in [2.05, 4.69) is 10.3 Å². The van der Waals surface area contributed by atoms with Crippen molar-refractivity contribution < 1.29 is 4.39 Å². The third-order valence-electron chi connectivity index (χ3n) is 1.91. The SMILES string of the molecule is Cn1cc(-c2cccc(N)c2F)nn1. The predicted octanol–water partition coefficient (Wildman–Crippen LogP) is 1.20. The molecule has 1 heterocycles. The molecule has 14 heavy (non-hydrogen) atoms. The molecule has 0 aliphatic rings. The zero-order valence-corrected chi connectivity index (χ0v) is 7.61. The van der Waals surface area contributed by atoms with Crippen LogP contribution >= 0.6 is 0 Å². The first kappa shape index (κ1) is 8.68. The van der Waals surface area contributed by atoms with Crippen LogP contribution in [-0.2, 0) is 7.05 Å². The molecule has 0 aliphatic carbocycles. The Morgan fingerprint density at radius 2 is 2.21 bits per heavy atom. The second kappa shape index (κ2) is 3.10. The Kier molecular flexibility index (Phi) is 1.92. The molecule has 72 valence electrons. The number of hydrogen-bond acceptors (Lipinski definition) is 3. The molecular formula is C9H9FN4. The summed E-state index contributed by atoms with van der Waals surface area (Å²) < 4.78 is 15.0. The Morgan fingerprint density at radius 3 is 2.86 bits per heavy atom. The van der Waals surface area contributed by atoms with Gasteiger partial charge in [-0.15, -0.1) is 5.10 Å². The van der Waals surface area contributed by atoms with Crippen LogP contribution in [0.5, 0.6) is 0 Å². The summed E-state index contributed by atoms with van der Waals surface area (Å²) >= 11 is 0. The van der Waals surface area contributed by atoms with Gasteiger partial charge in [-0.3, -0.25) is 4.68 Å². The Balaban J connectivity index is 2.57. The number of aromatic nitrogens is 3. The molecule has 0 spiro atoms. The minimum absolute atomic E-state index is 0.119. The molecule has 0 radical (unpaired) electrons. The number of nitrogens with zero attached hydrogens (tertiary/aromatic N) is 3. The highest BCUT2D eigenvalue weighted by atomic mass is 19.1. The molecule has 1 aromatic heterocycles. The average Bonchev–Trinajstić information content (AvgIpc) is 2.57. The van der Waals surface area contributed by atoms with E-state index in [-0.39, 0.29) is 5.69 Å². The van der Waals surface area contributed by atoms with Crippen molar-refractivity contribution in [3.05, 3.63) is 30.2 Å². The topological polar surface area (TPSA) is 56.7 Å². The summed E-state index contributed by atoms with van der Waals surface area (Å²) in [4.78, 5) is 0. The summed E-state index contributed by atoms with van der Waals surface area (Å²) in [5.74, 6) is -0.451. The van der Waals surface area contributed by atoms with E-state index in [4.69, 9.17) is 5.73 Å². The van der Waals surface area contributed by atoms with Gasteiger partial charge in [0, 0.05) is 12.6 Å². The van der Waals surface area contributed by atoms with Gasteiger partial charge in [0.15, 0.2) is 5.82 Å². The van der Waals surface area contributed by atoms with Crippen molar-refractivity contribution in [3.63, 3.8) is 0 Å². The maximum absolute atomic E-state index is 13.5. The quantitative estimate of drug-likeness (QED) is 0.691. The van der Waals surface area contributed by atoms with E-state index in [0.717, 1.165) is 0 Å². The lowest BCUT2D eigenvalue weighted by atomic mass is 10.1. The van der Waals surface area contributed by atoms with E-state index in [1.54, 1.807) is 25.4 Å². The Morgan fingerprint density at radius 1 is 1.43 bits per heavy atom. The second-order valence-electron chi connectivity index (χ2n) is 2.99. The van der Waals surface area contributed by atoms with Gasteiger partial charge in [-0.25, -0.2) is 4.39 Å². The van der Waals surface area contributed by atoms with Gasteiger partial charge >= 0.3 is 0 Å². The normalized spacial score (nSPS) is 10.4. The lowest BCUT2D eigenvalue weighted by molar-refractivity contribution is 0.635. The smallest absolute Gasteiger partial charge is 0.155 e. The van der Waals surface area contributed by atoms with Gasteiger partial charge in [0.2, 0.25) is 0 Å². The summed E-state index contributed by atoms with van der Waals surface area (Å²) in [6, 6.07) is 4.81. The summed E-state index contributed by atoms with van der Waals surface area (Å²) in [5, 5.41) is 7.53. The van der Waals surface area contributed by atoms with Crippen molar-refractivity contribution >= 4 is 5.69 Å². The highest BCUT2D eigenvalue weighted by molar-refractivity contribution is 5.64. The van der Waals surface area contributed by atoms with Crippen LogP contribution in [0.2, 0.25) is 0 Å². The molecule has 0 aliphatic heterocycles. The minimum Gasteiger partial charge on any atom is -0.396 e. The number of rotatable bonds is 1. The summed E-state index contributed by atoms with van der Waals surface area (Å²) in [7, 11) is 1.72. The van der Waals surface area contributed by atoms with Crippen molar-refractivity contribution in [3.8, 4) is 11.3 Å². The second-order valence-corrected chi connectivity index (χ2v) is 2.99. The average molecular weight is 192 g/mol. The Bertz CT molecular complexity index is 464. The van der Waals surface area contributed by atoms with Crippen molar-refractivity contribution in [2.75, 3.05) is 5.73 Å². The van der Waals surface area contributed by atoms with Crippen LogP contribution in [0.15, 0.2) is 24.4 Å². The van der Waals surface area contributed by atoms with Gasteiger partial charge in [-0.1, -0.05) is 11.3 Å². The number of benzene rings is 1. The molecule has 4 nitrogen and oxygen atoms in total. The van der Waals surface area contributed by atoms with Crippen molar-refractivity contribution in [1.82, 2.24) is 15.0 Å². The molecule has 2 N–H and O–H groups in total. The minimum atomic E-state index is -0.451. The molecule has 0 saturated heterocycles. The highest BCUT2D eigenvalue weighted by Gasteiger charge is 2.10. The van der Waals surface area contributed by atoms with Gasteiger partial charge in [0.05, 0.1) is 11.9 Å². The zero-order valence-electron chi connectivity index (χ0n) is 7.61. The number of anilines is 1. The van der Waals surface area contributed by atoms with Crippen LogP contribution in [0.25, 0.3) is 11.3 Å². The molecule has 0 amide bonds. The van der Waals surface area contributed by atoms with Crippen LogP contribution < -0.4 is 5.73 Å². The molecule has 0 saturated carbocycles. The lowest BCUT2D eigenvalue weighted by Gasteiger charge is -2.00. The highest BCUT2D eigenvalue weighted by Crippen LogP contribution is 2.23. The zero-order chi connectivity index (χ0) is 10.1. The number of hydrogen-bond donors (Lipinski definition) is 1. The van der Waals surface area contributed by atoms with E-state index >= 15 is 0 Å². The van der Waals surface area contributed by atoms with Crippen LogP contribution in [0.3, 0.4) is 0 Å². The van der Waals surface area contributed by atoms with Crippen LogP contribution in [0.1, 0.15) is 0 Å². The fraction of sp³-hybridized carbons (Fsp3) is 0.111.